The van der Waals surface area contributed by atoms with Crippen molar-refractivity contribution < 1.29 is 21.9 Å². The number of hydrogen-bond acceptors (Lipinski definition) is 6. The van der Waals surface area contributed by atoms with Gasteiger partial charge in [0.1, 0.15) is 5.75 Å². The first-order valence-electron chi connectivity index (χ1n) is 5.51. The minimum atomic E-state index is -3.77. The van der Waals surface area contributed by atoms with Gasteiger partial charge in [-0.1, -0.05) is 0 Å². The SMILES string of the molecule is Nc1cc(S(=O)(=O)N2CCS(=O)(=O)CC2)ccc1O. The zero-order chi connectivity index (χ0) is 14.3. The van der Waals surface area contributed by atoms with Gasteiger partial charge in [0.05, 0.1) is 22.1 Å². The second kappa shape index (κ2) is 4.66. The van der Waals surface area contributed by atoms with Gasteiger partial charge in [-0.3, -0.25) is 0 Å². The van der Waals surface area contributed by atoms with Gasteiger partial charge >= 0.3 is 0 Å². The summed E-state index contributed by atoms with van der Waals surface area (Å²) in [6.07, 6.45) is 0. The summed E-state index contributed by atoms with van der Waals surface area (Å²) < 4.78 is 48.2. The number of sulfone groups is 1. The molecule has 1 aliphatic rings. The molecule has 7 nitrogen and oxygen atoms in total. The molecule has 2 rings (SSSR count). The Bertz CT molecular complexity index is 683. The van der Waals surface area contributed by atoms with Crippen LogP contribution in [0, 0.1) is 0 Å². The highest BCUT2D eigenvalue weighted by molar-refractivity contribution is 7.92. The number of phenols is 1. The summed E-state index contributed by atoms with van der Waals surface area (Å²) in [5.41, 5.74) is 5.42. The molecule has 0 aromatic heterocycles. The Morgan fingerprint density at radius 2 is 1.79 bits per heavy atom. The smallest absolute Gasteiger partial charge is 0.243 e. The van der Waals surface area contributed by atoms with Gasteiger partial charge in [-0.15, -0.1) is 0 Å². The zero-order valence-corrected chi connectivity index (χ0v) is 11.6. The van der Waals surface area contributed by atoms with Gasteiger partial charge in [-0.05, 0) is 18.2 Å². The fourth-order valence-corrected chi connectivity index (χ4v) is 4.69. The lowest BCUT2D eigenvalue weighted by Crippen LogP contribution is -2.43. The number of rotatable bonds is 2. The van der Waals surface area contributed by atoms with Crippen LogP contribution in [0.2, 0.25) is 0 Å². The van der Waals surface area contributed by atoms with Crippen LogP contribution in [-0.2, 0) is 19.9 Å². The van der Waals surface area contributed by atoms with Crippen molar-refractivity contribution in [2.75, 3.05) is 30.3 Å². The molecule has 9 heteroatoms. The van der Waals surface area contributed by atoms with E-state index in [-0.39, 0.29) is 40.9 Å². The number of nitrogens with zero attached hydrogens (tertiary/aromatic N) is 1. The molecule has 0 saturated carbocycles. The van der Waals surface area contributed by atoms with Crippen molar-refractivity contribution in [3.05, 3.63) is 18.2 Å². The Labute approximate surface area is 111 Å². The first-order valence-corrected chi connectivity index (χ1v) is 8.77. The molecular weight excluding hydrogens is 292 g/mol. The number of phenolic OH excluding ortho intramolecular Hbond substituents is 1. The summed E-state index contributed by atoms with van der Waals surface area (Å²) in [6.45, 7) is -0.128. The maximum atomic E-state index is 12.3. The van der Waals surface area contributed by atoms with E-state index in [1.54, 1.807) is 0 Å². The lowest BCUT2D eigenvalue weighted by Gasteiger charge is -2.26. The average molecular weight is 306 g/mol. The molecule has 0 aliphatic carbocycles. The molecule has 1 aromatic carbocycles. The molecule has 1 aliphatic heterocycles. The Balaban J connectivity index is 2.30. The standard InChI is InChI=1S/C10H14N2O5S2/c11-9-7-8(1-2-10(9)13)19(16,17)12-3-5-18(14,15)6-4-12/h1-2,7,13H,3-6,11H2. The quantitative estimate of drug-likeness (QED) is 0.556. The highest BCUT2D eigenvalue weighted by atomic mass is 32.2. The van der Waals surface area contributed by atoms with E-state index in [1.807, 2.05) is 0 Å². The second-order valence-electron chi connectivity index (χ2n) is 4.28. The van der Waals surface area contributed by atoms with Gasteiger partial charge in [0.15, 0.2) is 9.84 Å². The van der Waals surface area contributed by atoms with Crippen molar-refractivity contribution in [3.63, 3.8) is 0 Å². The van der Waals surface area contributed by atoms with Crippen LogP contribution >= 0.6 is 0 Å². The zero-order valence-electron chi connectivity index (χ0n) is 9.98. The van der Waals surface area contributed by atoms with E-state index < -0.39 is 19.9 Å². The number of sulfonamides is 1. The predicted octanol–water partition coefficient (Wildman–Crippen LogP) is -0.606. The fraction of sp³-hybridized carbons (Fsp3) is 0.400. The fourth-order valence-electron chi connectivity index (χ4n) is 1.78. The van der Waals surface area contributed by atoms with Crippen LogP contribution in [0.25, 0.3) is 0 Å². The van der Waals surface area contributed by atoms with E-state index in [1.165, 1.54) is 12.1 Å². The summed E-state index contributed by atoms with van der Waals surface area (Å²) in [7, 11) is -6.92. The molecule has 0 amide bonds. The van der Waals surface area contributed by atoms with Crippen LogP contribution in [0.3, 0.4) is 0 Å². The molecule has 3 N–H and O–H groups in total. The number of nitrogen functional groups attached to an aromatic ring is 1. The molecule has 0 atom stereocenters. The second-order valence-corrected chi connectivity index (χ2v) is 8.52. The van der Waals surface area contributed by atoms with Crippen LogP contribution in [0.4, 0.5) is 5.69 Å². The number of aromatic hydroxyl groups is 1. The monoisotopic (exact) mass is 306 g/mol. The predicted molar refractivity (Wildman–Crippen MR) is 69.9 cm³/mol. The van der Waals surface area contributed by atoms with E-state index in [0.717, 1.165) is 10.4 Å². The number of benzene rings is 1. The summed E-state index contributed by atoms with van der Waals surface area (Å²) in [6, 6.07) is 3.60. The van der Waals surface area contributed by atoms with E-state index in [4.69, 9.17) is 5.73 Å². The molecule has 19 heavy (non-hydrogen) atoms. The Kier molecular flexibility index (Phi) is 3.45. The summed E-state index contributed by atoms with van der Waals surface area (Å²) in [5.74, 6) is -0.556. The number of anilines is 1. The highest BCUT2D eigenvalue weighted by Gasteiger charge is 2.31. The van der Waals surface area contributed by atoms with Crippen LogP contribution in [0.1, 0.15) is 0 Å². The topological polar surface area (TPSA) is 118 Å². The molecule has 1 aromatic rings. The third-order valence-corrected chi connectivity index (χ3v) is 6.44. The van der Waals surface area contributed by atoms with Crippen LogP contribution in [0.5, 0.6) is 5.75 Å². The van der Waals surface area contributed by atoms with Crippen molar-refractivity contribution in [2.24, 2.45) is 0 Å². The normalized spacial score (nSPS) is 20.2. The summed E-state index contributed by atoms with van der Waals surface area (Å²) in [4.78, 5) is -0.0536. The third-order valence-electron chi connectivity index (χ3n) is 2.94. The van der Waals surface area contributed by atoms with Crippen LogP contribution in [0.15, 0.2) is 23.1 Å². The van der Waals surface area contributed by atoms with Gasteiger partial charge in [0, 0.05) is 13.1 Å². The first-order chi connectivity index (χ1) is 8.72. The molecule has 1 heterocycles. The van der Waals surface area contributed by atoms with Gasteiger partial charge in [0.25, 0.3) is 0 Å². The molecule has 1 fully saturated rings. The minimum absolute atomic E-state index is 0.0364. The van der Waals surface area contributed by atoms with Crippen molar-refractivity contribution >= 4 is 25.5 Å². The van der Waals surface area contributed by atoms with Crippen molar-refractivity contribution in [3.8, 4) is 5.75 Å². The number of hydrogen-bond donors (Lipinski definition) is 2. The molecule has 106 valence electrons. The van der Waals surface area contributed by atoms with Gasteiger partial charge in [0.2, 0.25) is 10.0 Å². The van der Waals surface area contributed by atoms with Crippen molar-refractivity contribution in [1.82, 2.24) is 4.31 Å². The number of nitrogens with two attached hydrogens (primary N) is 1. The molecule has 0 unspecified atom stereocenters. The Morgan fingerprint density at radius 3 is 2.32 bits per heavy atom. The Morgan fingerprint density at radius 1 is 1.21 bits per heavy atom. The maximum absolute atomic E-state index is 12.3. The molecule has 0 spiro atoms. The largest absolute Gasteiger partial charge is 0.506 e. The van der Waals surface area contributed by atoms with Gasteiger partial charge in [-0.2, -0.15) is 4.31 Å². The summed E-state index contributed by atoms with van der Waals surface area (Å²) >= 11 is 0. The highest BCUT2D eigenvalue weighted by Crippen LogP contribution is 2.25. The first kappa shape index (κ1) is 14.1. The van der Waals surface area contributed by atoms with Crippen LogP contribution in [-0.4, -0.2) is 50.8 Å². The van der Waals surface area contributed by atoms with E-state index >= 15 is 0 Å². The third kappa shape index (κ3) is 2.82. The van der Waals surface area contributed by atoms with E-state index in [9.17, 15) is 21.9 Å². The van der Waals surface area contributed by atoms with Crippen molar-refractivity contribution in [2.45, 2.75) is 4.90 Å². The van der Waals surface area contributed by atoms with Crippen LogP contribution < -0.4 is 5.73 Å². The van der Waals surface area contributed by atoms with E-state index in [0.29, 0.717) is 0 Å². The van der Waals surface area contributed by atoms with Crippen molar-refractivity contribution in [1.29, 1.82) is 0 Å². The lowest BCUT2D eigenvalue weighted by atomic mass is 10.3. The maximum Gasteiger partial charge on any atom is 0.243 e. The van der Waals surface area contributed by atoms with E-state index in [2.05, 4.69) is 0 Å². The van der Waals surface area contributed by atoms with Gasteiger partial charge < -0.3 is 10.8 Å². The van der Waals surface area contributed by atoms with Gasteiger partial charge in [-0.25, -0.2) is 16.8 Å². The lowest BCUT2D eigenvalue weighted by molar-refractivity contribution is 0.430. The molecule has 1 saturated heterocycles. The summed E-state index contributed by atoms with van der Waals surface area (Å²) in [5, 5.41) is 9.28. The molecule has 0 radical (unpaired) electrons. The average Bonchev–Trinajstić information content (AvgIpc) is 2.32. The molecule has 0 bridgehead atoms. The molecular formula is C10H14N2O5S2. The Hall–Kier alpha value is -1.32. The minimum Gasteiger partial charge on any atom is -0.506 e.